The van der Waals surface area contributed by atoms with Crippen molar-refractivity contribution in [1.82, 2.24) is 15.0 Å². The lowest BCUT2D eigenvalue weighted by molar-refractivity contribution is 0.0422. The molecule has 0 saturated carbocycles. The standard InChI is InChI=1S/C39H49N3O4/c1-4-6-8-10-11-14-18-29(17-13-9-7-5-2)28-46-39(44)32-23-21-31(22-24-32)37-40-36(30-19-15-12-16-20-30)41-38(42-37)34-26-25-33(45-3)27-35(34)43/h12,15-16,19-27,29,43H,4-11,13-14,17-18,28H2,1-3H3. The number of hydrogen-bond donors (Lipinski definition) is 1. The Morgan fingerprint density at radius 3 is 1.87 bits per heavy atom. The number of carbonyl (C=O) groups is 1. The van der Waals surface area contributed by atoms with Gasteiger partial charge < -0.3 is 14.6 Å². The molecule has 0 bridgehead atoms. The maximum atomic E-state index is 13.1. The van der Waals surface area contributed by atoms with Gasteiger partial charge in [-0.25, -0.2) is 19.7 Å². The molecule has 0 aliphatic heterocycles. The molecule has 1 N–H and O–H groups in total. The average molecular weight is 624 g/mol. The highest BCUT2D eigenvalue weighted by atomic mass is 16.5. The molecule has 1 aromatic heterocycles. The zero-order valence-electron chi connectivity index (χ0n) is 27.7. The van der Waals surface area contributed by atoms with Crippen LogP contribution >= 0.6 is 0 Å². The first-order valence-electron chi connectivity index (χ1n) is 17.0. The molecule has 4 rings (SSSR count). The molecule has 1 unspecified atom stereocenters. The molecule has 4 aromatic rings. The molecule has 1 atom stereocenters. The zero-order valence-corrected chi connectivity index (χ0v) is 27.7. The third-order valence-corrected chi connectivity index (χ3v) is 8.37. The summed E-state index contributed by atoms with van der Waals surface area (Å²) in [4.78, 5) is 27.2. The van der Waals surface area contributed by atoms with Crippen LogP contribution in [0.5, 0.6) is 11.5 Å². The molecular formula is C39H49N3O4. The molecule has 0 spiro atoms. The lowest BCUT2D eigenvalue weighted by Crippen LogP contribution is -2.15. The first kappa shape index (κ1) is 34.6. The number of unbranched alkanes of at least 4 members (excludes halogenated alkanes) is 8. The van der Waals surface area contributed by atoms with Crippen molar-refractivity contribution in [3.05, 3.63) is 78.4 Å². The number of hydrogen-bond acceptors (Lipinski definition) is 7. The summed E-state index contributed by atoms with van der Waals surface area (Å²) < 4.78 is 11.1. The molecule has 0 saturated heterocycles. The molecule has 244 valence electrons. The zero-order chi connectivity index (χ0) is 32.6. The SMILES string of the molecule is CCCCCCCCC(CCCCCC)COC(=O)c1ccc(-c2nc(-c3ccccc3)nc(-c3ccc(OC)cc3O)n2)cc1. The number of aromatic hydroxyl groups is 1. The van der Waals surface area contributed by atoms with E-state index in [2.05, 4.69) is 18.8 Å². The van der Waals surface area contributed by atoms with E-state index in [0.717, 1.165) is 24.0 Å². The van der Waals surface area contributed by atoms with Crippen LogP contribution in [0, 0.1) is 5.92 Å². The maximum Gasteiger partial charge on any atom is 0.338 e. The van der Waals surface area contributed by atoms with E-state index in [-0.39, 0.29) is 11.7 Å². The van der Waals surface area contributed by atoms with E-state index in [1.54, 1.807) is 31.4 Å². The van der Waals surface area contributed by atoms with E-state index < -0.39 is 0 Å². The normalized spacial score (nSPS) is 11.7. The van der Waals surface area contributed by atoms with Crippen LogP contribution in [0.25, 0.3) is 34.2 Å². The van der Waals surface area contributed by atoms with Crippen LogP contribution in [0.1, 0.15) is 101 Å². The Morgan fingerprint density at radius 1 is 0.696 bits per heavy atom. The van der Waals surface area contributed by atoms with Gasteiger partial charge in [0.05, 0.1) is 24.8 Å². The van der Waals surface area contributed by atoms with Gasteiger partial charge in [-0.1, -0.05) is 121 Å². The molecule has 0 fully saturated rings. The maximum absolute atomic E-state index is 13.1. The highest BCUT2D eigenvalue weighted by molar-refractivity contribution is 5.90. The average Bonchev–Trinajstić information content (AvgIpc) is 3.10. The van der Waals surface area contributed by atoms with Gasteiger partial charge >= 0.3 is 5.97 Å². The fourth-order valence-corrected chi connectivity index (χ4v) is 5.59. The molecule has 3 aromatic carbocycles. The van der Waals surface area contributed by atoms with Crippen LogP contribution in [0.4, 0.5) is 0 Å². The number of ether oxygens (including phenoxy) is 2. The summed E-state index contributed by atoms with van der Waals surface area (Å²) in [6.45, 7) is 4.94. The fraction of sp³-hybridized carbons (Fsp3) is 0.436. The van der Waals surface area contributed by atoms with Crippen molar-refractivity contribution >= 4 is 5.97 Å². The van der Waals surface area contributed by atoms with Crippen molar-refractivity contribution in [3.63, 3.8) is 0 Å². The largest absolute Gasteiger partial charge is 0.507 e. The van der Waals surface area contributed by atoms with Crippen molar-refractivity contribution in [2.45, 2.75) is 90.9 Å². The lowest BCUT2D eigenvalue weighted by Gasteiger charge is -2.17. The Morgan fingerprint density at radius 2 is 1.26 bits per heavy atom. The quantitative estimate of drug-likeness (QED) is 0.0820. The summed E-state index contributed by atoms with van der Waals surface area (Å²) in [7, 11) is 1.55. The topological polar surface area (TPSA) is 94.4 Å². The summed E-state index contributed by atoms with van der Waals surface area (Å²) >= 11 is 0. The highest BCUT2D eigenvalue weighted by Crippen LogP contribution is 2.32. The predicted octanol–water partition coefficient (Wildman–Crippen LogP) is 10.1. The van der Waals surface area contributed by atoms with Crippen LogP contribution in [0.2, 0.25) is 0 Å². The van der Waals surface area contributed by atoms with Gasteiger partial charge in [0, 0.05) is 17.2 Å². The highest BCUT2D eigenvalue weighted by Gasteiger charge is 2.17. The summed E-state index contributed by atoms with van der Waals surface area (Å²) in [5.41, 5.74) is 2.51. The van der Waals surface area contributed by atoms with Gasteiger partial charge in [-0.05, 0) is 43.0 Å². The second kappa shape index (κ2) is 18.6. The molecule has 0 aliphatic rings. The number of esters is 1. The van der Waals surface area contributed by atoms with E-state index >= 15 is 0 Å². The Balaban J connectivity index is 1.47. The number of benzene rings is 3. The minimum absolute atomic E-state index is 0.00812. The van der Waals surface area contributed by atoms with Crippen LogP contribution in [-0.2, 0) is 4.74 Å². The molecule has 0 aliphatic carbocycles. The smallest absolute Gasteiger partial charge is 0.338 e. The van der Waals surface area contributed by atoms with E-state index in [9.17, 15) is 9.90 Å². The van der Waals surface area contributed by atoms with Crippen LogP contribution in [-0.4, -0.2) is 39.7 Å². The van der Waals surface area contributed by atoms with Crippen molar-refractivity contribution in [1.29, 1.82) is 0 Å². The summed E-state index contributed by atoms with van der Waals surface area (Å²) in [5, 5.41) is 10.7. The monoisotopic (exact) mass is 623 g/mol. The number of nitrogens with zero attached hydrogens (tertiary/aromatic N) is 3. The molecule has 46 heavy (non-hydrogen) atoms. The van der Waals surface area contributed by atoms with Crippen LogP contribution < -0.4 is 4.74 Å². The van der Waals surface area contributed by atoms with Crippen LogP contribution in [0.3, 0.4) is 0 Å². The Bertz CT molecular complexity index is 1490. The minimum atomic E-state index is -0.308. The van der Waals surface area contributed by atoms with E-state index in [1.807, 2.05) is 42.5 Å². The predicted molar refractivity (Wildman–Crippen MR) is 185 cm³/mol. The first-order valence-corrected chi connectivity index (χ1v) is 17.0. The van der Waals surface area contributed by atoms with Crippen molar-refractivity contribution < 1.29 is 19.4 Å². The lowest BCUT2D eigenvalue weighted by atomic mass is 9.95. The number of carbonyl (C=O) groups excluding carboxylic acids is 1. The molecule has 7 nitrogen and oxygen atoms in total. The second-order valence-corrected chi connectivity index (χ2v) is 12.0. The van der Waals surface area contributed by atoms with Gasteiger partial charge in [0.25, 0.3) is 0 Å². The summed E-state index contributed by atoms with van der Waals surface area (Å²) in [5.74, 6) is 1.89. The second-order valence-electron chi connectivity index (χ2n) is 12.0. The van der Waals surface area contributed by atoms with Gasteiger partial charge in [-0.3, -0.25) is 0 Å². The fourth-order valence-electron chi connectivity index (χ4n) is 5.59. The van der Waals surface area contributed by atoms with Gasteiger partial charge in [-0.15, -0.1) is 0 Å². The Hall–Kier alpha value is -4.26. The number of aromatic nitrogens is 3. The number of methoxy groups -OCH3 is 1. The van der Waals surface area contributed by atoms with Gasteiger partial charge in [-0.2, -0.15) is 0 Å². The molecule has 0 radical (unpaired) electrons. The molecule has 1 heterocycles. The van der Waals surface area contributed by atoms with Gasteiger partial charge in [0.15, 0.2) is 17.5 Å². The van der Waals surface area contributed by atoms with Gasteiger partial charge in [0.2, 0.25) is 0 Å². The molecule has 7 heteroatoms. The van der Waals surface area contributed by atoms with E-state index in [4.69, 9.17) is 19.4 Å². The van der Waals surface area contributed by atoms with Gasteiger partial charge in [0.1, 0.15) is 11.5 Å². The summed E-state index contributed by atoms with van der Waals surface area (Å²) in [6.07, 6.45) is 14.7. The molecular weight excluding hydrogens is 574 g/mol. The number of phenolic OH excluding ortho intramolecular Hbond substituents is 1. The van der Waals surface area contributed by atoms with Crippen molar-refractivity contribution in [2.75, 3.05) is 13.7 Å². The minimum Gasteiger partial charge on any atom is -0.507 e. The number of rotatable bonds is 19. The first-order chi connectivity index (χ1) is 22.5. The number of phenols is 1. The Labute approximate surface area is 274 Å². The third kappa shape index (κ3) is 10.4. The van der Waals surface area contributed by atoms with E-state index in [0.29, 0.717) is 46.9 Å². The van der Waals surface area contributed by atoms with Crippen molar-refractivity contribution in [3.8, 4) is 45.7 Å². The van der Waals surface area contributed by atoms with Crippen LogP contribution in [0.15, 0.2) is 72.8 Å². The van der Waals surface area contributed by atoms with E-state index in [1.165, 1.54) is 70.3 Å². The summed E-state index contributed by atoms with van der Waals surface area (Å²) in [6, 6.07) is 21.8. The molecule has 0 amide bonds. The Kier molecular flexibility index (Phi) is 14.0. The third-order valence-electron chi connectivity index (χ3n) is 8.37. The van der Waals surface area contributed by atoms with Crippen molar-refractivity contribution in [2.24, 2.45) is 5.92 Å².